The summed E-state index contributed by atoms with van der Waals surface area (Å²) in [6, 6.07) is 0. The molecule has 0 spiro atoms. The van der Waals surface area contributed by atoms with Crippen molar-refractivity contribution >= 4 is 11.9 Å². The van der Waals surface area contributed by atoms with Crippen LogP contribution >= 0.6 is 0 Å². The number of ether oxygens (including phenoxy) is 1. The maximum atomic E-state index is 10.7. The van der Waals surface area contributed by atoms with E-state index in [0.717, 1.165) is 13.3 Å². The van der Waals surface area contributed by atoms with Gasteiger partial charge in [0.25, 0.3) is 0 Å². The molecule has 14 heavy (non-hydrogen) atoms. The Kier molecular flexibility index (Phi) is 4.68. The van der Waals surface area contributed by atoms with Crippen molar-refractivity contribution < 1.29 is 19.2 Å². The number of nitro groups is 1. The molecule has 0 saturated heterocycles. The quantitative estimate of drug-likeness (QED) is 0.260. The summed E-state index contributed by atoms with van der Waals surface area (Å²) in [7, 11) is 1.01. The third-order valence-corrected chi connectivity index (χ3v) is 1.05. The number of carbonyl (C=O) groups is 2. The van der Waals surface area contributed by atoms with E-state index >= 15 is 0 Å². The van der Waals surface area contributed by atoms with Crippen LogP contribution in [0.2, 0.25) is 0 Å². The van der Waals surface area contributed by atoms with Crippen molar-refractivity contribution in [2.75, 3.05) is 7.11 Å². The summed E-state index contributed by atoms with van der Waals surface area (Å²) < 4.78 is 4.13. The van der Waals surface area contributed by atoms with Crippen molar-refractivity contribution in [1.29, 1.82) is 0 Å². The van der Waals surface area contributed by atoms with Crippen LogP contribution in [0.3, 0.4) is 0 Å². The van der Waals surface area contributed by atoms with E-state index in [2.05, 4.69) is 10.2 Å². The van der Waals surface area contributed by atoms with Crippen LogP contribution in [0.4, 0.5) is 0 Å². The van der Waals surface area contributed by atoms with Gasteiger partial charge in [0.1, 0.15) is 6.20 Å². The van der Waals surface area contributed by atoms with Gasteiger partial charge in [0, 0.05) is 6.92 Å². The predicted octanol–water partition coefficient (Wildman–Crippen LogP) is -1.08. The van der Waals surface area contributed by atoms with Crippen molar-refractivity contribution in [3.63, 3.8) is 0 Å². The van der Waals surface area contributed by atoms with Gasteiger partial charge in [-0.15, -0.1) is 0 Å². The molecule has 0 aromatic carbocycles. The monoisotopic (exact) mass is 203 g/mol. The van der Waals surface area contributed by atoms with Crippen molar-refractivity contribution in [3.05, 3.63) is 22.0 Å². The number of nitrogens with zero attached hydrogens (tertiary/aromatic N) is 1. The van der Waals surface area contributed by atoms with E-state index in [1.165, 1.54) is 6.92 Å². The minimum atomic E-state index is -1.10. The average Bonchev–Trinajstić information content (AvgIpc) is 2.10. The molecule has 78 valence electrons. The first kappa shape index (κ1) is 11.9. The largest absolute Gasteiger partial charge is 0.461 e. The smallest absolute Gasteiger partial charge is 0.411 e. The molecule has 0 rings (SSSR count). The highest BCUT2D eigenvalue weighted by atomic mass is 16.6. The fraction of sp³-hybridized carbons (Fsp3) is 0.333. The van der Waals surface area contributed by atoms with Crippen molar-refractivity contribution in [3.8, 4) is 0 Å². The lowest BCUT2D eigenvalue weighted by Gasteiger charge is -2.00. The summed E-state index contributed by atoms with van der Waals surface area (Å²) in [5, 5.41) is 10.3. The first-order valence-electron chi connectivity index (χ1n) is 3.44. The van der Waals surface area contributed by atoms with E-state index in [1.54, 1.807) is 0 Å². The van der Waals surface area contributed by atoms with Gasteiger partial charge in [0.2, 0.25) is 5.91 Å². The van der Waals surface area contributed by atoms with Crippen LogP contribution in [0.1, 0.15) is 6.92 Å². The van der Waals surface area contributed by atoms with E-state index in [4.69, 9.17) is 0 Å². The van der Waals surface area contributed by atoms with Gasteiger partial charge >= 0.3 is 11.7 Å². The summed E-state index contributed by atoms with van der Waals surface area (Å²) in [6.45, 7) is 1.20. The maximum absolute atomic E-state index is 10.7. The summed E-state index contributed by atoms with van der Waals surface area (Å²) in [6.07, 6.45) is 0.729. The number of esters is 1. The zero-order valence-corrected chi connectivity index (χ0v) is 7.57. The second-order valence-electron chi connectivity index (χ2n) is 2.10. The third kappa shape index (κ3) is 4.04. The normalized spacial score (nSPS) is 10.3. The van der Waals surface area contributed by atoms with Crippen molar-refractivity contribution in [1.82, 2.24) is 10.9 Å². The molecule has 2 N–H and O–H groups in total. The molecule has 0 atom stereocenters. The van der Waals surface area contributed by atoms with Gasteiger partial charge in [-0.2, -0.15) is 0 Å². The number of methoxy groups -OCH3 is 1. The zero-order valence-electron chi connectivity index (χ0n) is 7.57. The molecule has 0 aromatic rings. The van der Waals surface area contributed by atoms with E-state index < -0.39 is 22.5 Å². The number of nitrogens with one attached hydrogen (secondary N) is 2. The van der Waals surface area contributed by atoms with Gasteiger partial charge in [0.05, 0.1) is 12.0 Å². The van der Waals surface area contributed by atoms with Crippen LogP contribution < -0.4 is 10.9 Å². The highest BCUT2D eigenvalue weighted by Crippen LogP contribution is 1.95. The standard InChI is InChI=1S/C6H9N3O5/c1-4(10)8-7-3-5(9(12)13)6(11)14-2/h3,7H,1-2H3,(H,8,10)/b5-3-. The fourth-order valence-corrected chi connectivity index (χ4v) is 0.497. The summed E-state index contributed by atoms with van der Waals surface area (Å²) in [4.78, 5) is 30.4. The molecule has 0 aliphatic heterocycles. The molecule has 0 bridgehead atoms. The van der Waals surface area contributed by atoms with E-state index in [-0.39, 0.29) is 0 Å². The van der Waals surface area contributed by atoms with Gasteiger partial charge in [-0.3, -0.25) is 25.8 Å². The molecule has 0 aliphatic rings. The first-order chi connectivity index (χ1) is 6.49. The number of hydrazine groups is 1. The molecule has 8 nitrogen and oxygen atoms in total. The first-order valence-corrected chi connectivity index (χ1v) is 3.44. The number of carbonyl (C=O) groups excluding carboxylic acids is 2. The fourth-order valence-electron chi connectivity index (χ4n) is 0.497. The van der Waals surface area contributed by atoms with Gasteiger partial charge in [-0.25, -0.2) is 4.79 Å². The number of rotatable bonds is 4. The maximum Gasteiger partial charge on any atom is 0.411 e. The SMILES string of the molecule is COC(=O)/C(=C/NNC(C)=O)[N+](=O)[O-]. The van der Waals surface area contributed by atoms with Crippen molar-refractivity contribution in [2.45, 2.75) is 6.92 Å². The van der Waals surface area contributed by atoms with Crippen LogP contribution in [0.5, 0.6) is 0 Å². The van der Waals surface area contributed by atoms with Gasteiger partial charge in [0.15, 0.2) is 0 Å². The van der Waals surface area contributed by atoms with Gasteiger partial charge < -0.3 is 4.74 Å². The average molecular weight is 203 g/mol. The number of hydrogen-bond donors (Lipinski definition) is 2. The Morgan fingerprint density at radius 1 is 1.50 bits per heavy atom. The van der Waals surface area contributed by atoms with Gasteiger partial charge in [-0.05, 0) is 0 Å². The van der Waals surface area contributed by atoms with Crippen LogP contribution in [0.15, 0.2) is 11.9 Å². The van der Waals surface area contributed by atoms with Crippen LogP contribution in [-0.2, 0) is 14.3 Å². The van der Waals surface area contributed by atoms with E-state index in [0.29, 0.717) is 0 Å². The van der Waals surface area contributed by atoms with Gasteiger partial charge in [-0.1, -0.05) is 0 Å². The predicted molar refractivity (Wildman–Crippen MR) is 44.0 cm³/mol. The molecule has 8 heteroatoms. The van der Waals surface area contributed by atoms with Crippen LogP contribution in [-0.4, -0.2) is 23.9 Å². The minimum Gasteiger partial charge on any atom is -0.461 e. The van der Waals surface area contributed by atoms with Crippen molar-refractivity contribution in [2.24, 2.45) is 0 Å². The molecule has 0 heterocycles. The summed E-state index contributed by atoms with van der Waals surface area (Å²) >= 11 is 0. The highest BCUT2D eigenvalue weighted by Gasteiger charge is 2.22. The topological polar surface area (TPSA) is 111 Å². The Morgan fingerprint density at radius 3 is 2.43 bits per heavy atom. The molecule has 0 unspecified atom stereocenters. The molecule has 0 radical (unpaired) electrons. The van der Waals surface area contributed by atoms with E-state index in [1.807, 2.05) is 5.43 Å². The highest BCUT2D eigenvalue weighted by molar-refractivity contribution is 5.85. The van der Waals surface area contributed by atoms with Crippen LogP contribution in [0.25, 0.3) is 0 Å². The van der Waals surface area contributed by atoms with Crippen LogP contribution in [0, 0.1) is 10.1 Å². The Bertz CT molecular complexity index is 285. The Balaban J connectivity index is 4.42. The molecule has 0 saturated carbocycles. The molecule has 1 amide bonds. The lowest BCUT2D eigenvalue weighted by Crippen LogP contribution is -2.32. The molecule has 0 fully saturated rings. The Labute approximate surface area is 79.0 Å². The number of amides is 1. The summed E-state index contributed by atoms with van der Waals surface area (Å²) in [5.74, 6) is -1.55. The Hall–Kier alpha value is -2.12. The molecule has 0 aromatic heterocycles. The lowest BCUT2D eigenvalue weighted by molar-refractivity contribution is -0.421. The molecule has 0 aliphatic carbocycles. The molecular weight excluding hydrogens is 194 g/mol. The third-order valence-electron chi connectivity index (χ3n) is 1.05. The van der Waals surface area contributed by atoms with E-state index in [9.17, 15) is 19.7 Å². The Morgan fingerprint density at radius 2 is 2.07 bits per heavy atom. The lowest BCUT2D eigenvalue weighted by atomic mass is 10.5. The second kappa shape index (κ2) is 5.51. The molecular formula is C6H9N3O5. The second-order valence-corrected chi connectivity index (χ2v) is 2.10. The summed E-state index contributed by atoms with van der Waals surface area (Å²) in [5.41, 5.74) is 3.31. The minimum absolute atomic E-state index is 0.450. The number of hydrogen-bond acceptors (Lipinski definition) is 6. The zero-order chi connectivity index (χ0) is 11.1.